The van der Waals surface area contributed by atoms with Gasteiger partial charge in [-0.05, 0) is 12.1 Å². The first kappa shape index (κ1) is 12.2. The van der Waals surface area contributed by atoms with Crippen molar-refractivity contribution in [1.29, 1.82) is 0 Å². The van der Waals surface area contributed by atoms with Crippen LogP contribution in [-0.2, 0) is 11.3 Å². The van der Waals surface area contributed by atoms with Gasteiger partial charge in [0.1, 0.15) is 17.4 Å². The zero-order valence-electron chi connectivity index (χ0n) is 10.3. The van der Waals surface area contributed by atoms with Gasteiger partial charge < -0.3 is 14.6 Å². The van der Waals surface area contributed by atoms with Gasteiger partial charge in [-0.1, -0.05) is 18.2 Å². The lowest BCUT2D eigenvalue weighted by Crippen LogP contribution is -2.35. The van der Waals surface area contributed by atoms with E-state index in [2.05, 4.69) is 0 Å². The molecule has 0 saturated carbocycles. The summed E-state index contributed by atoms with van der Waals surface area (Å²) in [4.78, 5) is 12.9. The molecule has 0 unspecified atom stereocenters. The SMILES string of the molecule is O=C(O)[C@@H]1C[C@H](O)CN1Cc1cc2ccccc2o1. The molecule has 5 nitrogen and oxygen atoms in total. The van der Waals surface area contributed by atoms with Gasteiger partial charge in [-0.3, -0.25) is 9.69 Å². The summed E-state index contributed by atoms with van der Waals surface area (Å²) >= 11 is 0. The molecule has 0 radical (unpaired) electrons. The van der Waals surface area contributed by atoms with Crippen LogP contribution in [0.3, 0.4) is 0 Å². The van der Waals surface area contributed by atoms with Crippen LogP contribution in [0.4, 0.5) is 0 Å². The number of carboxylic acid groups (broad SMARTS) is 1. The average Bonchev–Trinajstić information content (AvgIpc) is 2.92. The predicted molar refractivity (Wildman–Crippen MR) is 68.7 cm³/mol. The highest BCUT2D eigenvalue weighted by Gasteiger charge is 2.36. The summed E-state index contributed by atoms with van der Waals surface area (Å²) < 4.78 is 5.68. The summed E-state index contributed by atoms with van der Waals surface area (Å²) in [7, 11) is 0. The quantitative estimate of drug-likeness (QED) is 0.874. The molecule has 100 valence electrons. The van der Waals surface area contributed by atoms with Gasteiger partial charge in [-0.2, -0.15) is 0 Å². The molecule has 2 atom stereocenters. The summed E-state index contributed by atoms with van der Waals surface area (Å²) in [6.45, 7) is 0.775. The summed E-state index contributed by atoms with van der Waals surface area (Å²) in [6, 6.07) is 8.95. The van der Waals surface area contributed by atoms with Gasteiger partial charge in [0, 0.05) is 18.4 Å². The Labute approximate surface area is 110 Å². The van der Waals surface area contributed by atoms with Crippen LogP contribution >= 0.6 is 0 Å². The minimum atomic E-state index is -0.896. The fourth-order valence-corrected chi connectivity index (χ4v) is 2.63. The molecule has 2 N–H and O–H groups in total. The molecular formula is C14H15NO4. The van der Waals surface area contributed by atoms with Crippen LogP contribution in [-0.4, -0.2) is 39.8 Å². The number of carboxylic acids is 1. The molecule has 0 bridgehead atoms. The number of para-hydroxylation sites is 1. The number of aliphatic carboxylic acids is 1. The van der Waals surface area contributed by atoms with Crippen molar-refractivity contribution in [2.24, 2.45) is 0 Å². The van der Waals surface area contributed by atoms with Gasteiger partial charge in [0.05, 0.1) is 12.6 Å². The predicted octanol–water partition coefficient (Wildman–Crippen LogP) is 1.45. The van der Waals surface area contributed by atoms with Crippen LogP contribution in [0.15, 0.2) is 34.7 Å². The number of aliphatic hydroxyl groups excluding tert-OH is 1. The second-order valence-corrected chi connectivity index (χ2v) is 4.92. The normalized spacial score (nSPS) is 24.1. The van der Waals surface area contributed by atoms with Crippen LogP contribution in [0.25, 0.3) is 11.0 Å². The standard InChI is InChI=1S/C14H15NO4/c16-10-6-12(14(17)18)15(7-10)8-11-5-9-3-1-2-4-13(9)19-11/h1-5,10,12,16H,6-8H2,(H,17,18)/t10-,12-/m0/s1. The minimum Gasteiger partial charge on any atom is -0.480 e. The summed E-state index contributed by atoms with van der Waals surface area (Å²) in [5.74, 6) is -0.172. The molecule has 2 aromatic rings. The van der Waals surface area contributed by atoms with Gasteiger partial charge >= 0.3 is 5.97 Å². The Morgan fingerprint density at radius 1 is 1.42 bits per heavy atom. The van der Waals surface area contributed by atoms with Crippen molar-refractivity contribution >= 4 is 16.9 Å². The van der Waals surface area contributed by atoms with E-state index in [0.717, 1.165) is 16.7 Å². The smallest absolute Gasteiger partial charge is 0.321 e. The van der Waals surface area contributed by atoms with Crippen molar-refractivity contribution in [1.82, 2.24) is 4.90 Å². The Hall–Kier alpha value is -1.85. The molecule has 1 aliphatic heterocycles. The maximum Gasteiger partial charge on any atom is 0.321 e. The third-order valence-electron chi connectivity index (χ3n) is 3.50. The molecule has 1 aromatic carbocycles. The molecule has 1 fully saturated rings. The topological polar surface area (TPSA) is 73.9 Å². The average molecular weight is 261 g/mol. The number of β-amino-alcohol motifs (C(OH)–C–C–N with tert-alkyl or cyclic N) is 1. The Balaban J connectivity index is 1.82. The number of hydrogen-bond donors (Lipinski definition) is 2. The first-order chi connectivity index (χ1) is 9.13. The molecule has 0 amide bonds. The van der Waals surface area contributed by atoms with Gasteiger partial charge in [0.25, 0.3) is 0 Å². The number of rotatable bonds is 3. The van der Waals surface area contributed by atoms with Crippen molar-refractivity contribution in [2.45, 2.75) is 25.1 Å². The van der Waals surface area contributed by atoms with E-state index in [1.165, 1.54) is 0 Å². The van der Waals surface area contributed by atoms with E-state index < -0.39 is 18.1 Å². The fraction of sp³-hybridized carbons (Fsp3) is 0.357. The van der Waals surface area contributed by atoms with E-state index in [0.29, 0.717) is 13.1 Å². The molecule has 1 aliphatic rings. The second kappa shape index (κ2) is 4.68. The van der Waals surface area contributed by atoms with Crippen LogP contribution in [0.1, 0.15) is 12.2 Å². The van der Waals surface area contributed by atoms with E-state index in [-0.39, 0.29) is 6.42 Å². The summed E-state index contributed by atoms with van der Waals surface area (Å²) in [6.07, 6.45) is -0.305. The number of likely N-dealkylation sites (tertiary alicyclic amines) is 1. The van der Waals surface area contributed by atoms with E-state index in [9.17, 15) is 9.90 Å². The second-order valence-electron chi connectivity index (χ2n) is 4.92. The largest absolute Gasteiger partial charge is 0.480 e. The first-order valence-electron chi connectivity index (χ1n) is 6.26. The Morgan fingerprint density at radius 3 is 2.95 bits per heavy atom. The molecule has 1 saturated heterocycles. The summed E-state index contributed by atoms with van der Waals surface area (Å²) in [5.41, 5.74) is 0.795. The molecule has 19 heavy (non-hydrogen) atoms. The Bertz CT molecular complexity index is 573. The molecule has 0 aliphatic carbocycles. The highest BCUT2D eigenvalue weighted by molar-refractivity contribution is 5.77. The van der Waals surface area contributed by atoms with Crippen LogP contribution in [0, 0.1) is 0 Å². The number of aliphatic hydroxyl groups is 1. The number of hydrogen-bond acceptors (Lipinski definition) is 4. The molecule has 1 aromatic heterocycles. The Kier molecular flexibility index (Phi) is 3.00. The van der Waals surface area contributed by atoms with Gasteiger partial charge in [-0.25, -0.2) is 0 Å². The van der Waals surface area contributed by atoms with E-state index in [4.69, 9.17) is 9.52 Å². The van der Waals surface area contributed by atoms with Crippen molar-refractivity contribution in [3.8, 4) is 0 Å². The lowest BCUT2D eigenvalue weighted by atomic mass is 10.2. The Morgan fingerprint density at radius 2 is 2.21 bits per heavy atom. The van der Waals surface area contributed by atoms with Gasteiger partial charge in [0.2, 0.25) is 0 Å². The van der Waals surface area contributed by atoms with Crippen molar-refractivity contribution in [2.75, 3.05) is 6.54 Å². The first-order valence-corrected chi connectivity index (χ1v) is 6.26. The van der Waals surface area contributed by atoms with Gasteiger partial charge in [-0.15, -0.1) is 0 Å². The molecule has 3 rings (SSSR count). The monoisotopic (exact) mass is 261 g/mol. The van der Waals surface area contributed by atoms with E-state index in [1.54, 1.807) is 4.90 Å². The zero-order valence-corrected chi connectivity index (χ0v) is 10.3. The maximum absolute atomic E-state index is 11.1. The minimum absolute atomic E-state index is 0.273. The third kappa shape index (κ3) is 2.34. The maximum atomic E-state index is 11.1. The van der Waals surface area contributed by atoms with Crippen molar-refractivity contribution in [3.05, 3.63) is 36.1 Å². The van der Waals surface area contributed by atoms with E-state index in [1.807, 2.05) is 30.3 Å². The lowest BCUT2D eigenvalue weighted by molar-refractivity contribution is -0.142. The molecular weight excluding hydrogens is 246 g/mol. The van der Waals surface area contributed by atoms with Crippen molar-refractivity contribution in [3.63, 3.8) is 0 Å². The highest BCUT2D eigenvalue weighted by Crippen LogP contribution is 2.24. The van der Waals surface area contributed by atoms with Crippen molar-refractivity contribution < 1.29 is 19.4 Å². The molecule has 5 heteroatoms. The number of benzene rings is 1. The highest BCUT2D eigenvalue weighted by atomic mass is 16.4. The number of carbonyl (C=O) groups is 1. The van der Waals surface area contributed by atoms with Crippen LogP contribution in [0.5, 0.6) is 0 Å². The van der Waals surface area contributed by atoms with Crippen LogP contribution < -0.4 is 0 Å². The van der Waals surface area contributed by atoms with E-state index >= 15 is 0 Å². The van der Waals surface area contributed by atoms with Crippen LogP contribution in [0.2, 0.25) is 0 Å². The number of fused-ring (bicyclic) bond motifs is 1. The molecule has 0 spiro atoms. The third-order valence-corrected chi connectivity index (χ3v) is 3.50. The molecule has 2 heterocycles. The van der Waals surface area contributed by atoms with Gasteiger partial charge in [0.15, 0.2) is 0 Å². The fourth-order valence-electron chi connectivity index (χ4n) is 2.63. The lowest BCUT2D eigenvalue weighted by Gasteiger charge is -2.18. The number of furan rings is 1. The summed E-state index contributed by atoms with van der Waals surface area (Å²) in [5, 5.41) is 19.7. The number of nitrogens with zero attached hydrogens (tertiary/aromatic N) is 1. The zero-order chi connectivity index (χ0) is 13.4.